The van der Waals surface area contributed by atoms with Crippen LogP contribution in [0.4, 0.5) is 0 Å². The molecule has 3 heterocycles. The molecule has 0 saturated carbocycles. The Morgan fingerprint density at radius 2 is 1.57 bits per heavy atom. The average Bonchev–Trinajstić information content (AvgIpc) is 3.35. The van der Waals surface area contributed by atoms with Crippen LogP contribution in [0.1, 0.15) is 112 Å². The fraction of sp³-hybridized carbons (Fsp3) is 0.465. The van der Waals surface area contributed by atoms with Crippen molar-refractivity contribution < 1.29 is 34.4 Å². The summed E-state index contributed by atoms with van der Waals surface area (Å²) in [5, 5.41) is 13.2. The number of rotatable bonds is 9. The summed E-state index contributed by atoms with van der Waals surface area (Å²) < 4.78 is 6.52. The van der Waals surface area contributed by atoms with E-state index < -0.39 is 0 Å². The second-order valence-corrected chi connectivity index (χ2v) is 15.3. The Balaban J connectivity index is 0.000000347. The van der Waals surface area contributed by atoms with Crippen LogP contribution in [0.5, 0.6) is 0 Å². The van der Waals surface area contributed by atoms with Crippen molar-refractivity contribution in [2.75, 3.05) is 0 Å². The number of hydrogen-bond acceptors (Lipinski definition) is 5. The van der Waals surface area contributed by atoms with Gasteiger partial charge in [-0.1, -0.05) is 98.4 Å². The second-order valence-electron chi connectivity index (χ2n) is 15.3. The zero-order valence-corrected chi connectivity index (χ0v) is 33.8. The third-order valence-electron chi connectivity index (χ3n) is 9.33. The van der Waals surface area contributed by atoms with E-state index in [4.69, 9.17) is 9.40 Å². The maximum Gasteiger partial charge on any atom is 0.162 e. The van der Waals surface area contributed by atoms with Crippen LogP contribution in [0.25, 0.3) is 44.0 Å². The molecule has 0 spiro atoms. The summed E-state index contributed by atoms with van der Waals surface area (Å²) in [4.78, 5) is 21.5. The Kier molecular flexibility index (Phi) is 13.6. The van der Waals surface area contributed by atoms with E-state index in [0.29, 0.717) is 0 Å². The van der Waals surface area contributed by atoms with Crippen LogP contribution in [-0.2, 0) is 36.7 Å². The second kappa shape index (κ2) is 16.6. The van der Waals surface area contributed by atoms with Crippen LogP contribution in [0.3, 0.4) is 0 Å². The fourth-order valence-electron chi connectivity index (χ4n) is 6.45. The van der Waals surface area contributed by atoms with Gasteiger partial charge in [0, 0.05) is 61.7 Å². The number of aryl methyl sites for hydroxylation is 1. The average molecular weight is 840 g/mol. The van der Waals surface area contributed by atoms with E-state index in [2.05, 4.69) is 89.8 Å². The van der Waals surface area contributed by atoms with Gasteiger partial charge in [-0.25, -0.2) is 0 Å². The van der Waals surface area contributed by atoms with Gasteiger partial charge in [-0.3, -0.25) is 14.8 Å². The van der Waals surface area contributed by atoms with Gasteiger partial charge in [0.2, 0.25) is 0 Å². The van der Waals surface area contributed by atoms with Gasteiger partial charge in [-0.05, 0) is 61.1 Å². The molecule has 0 fully saturated rings. The predicted molar refractivity (Wildman–Crippen MR) is 202 cm³/mol. The minimum Gasteiger partial charge on any atom is -0.512 e. The van der Waals surface area contributed by atoms with E-state index >= 15 is 0 Å². The summed E-state index contributed by atoms with van der Waals surface area (Å²) in [7, 11) is 0. The van der Waals surface area contributed by atoms with Gasteiger partial charge >= 0.3 is 0 Å². The van der Waals surface area contributed by atoms with Gasteiger partial charge < -0.3 is 9.52 Å². The van der Waals surface area contributed by atoms with Gasteiger partial charge in [0.05, 0.1) is 11.3 Å². The van der Waals surface area contributed by atoms with Crippen molar-refractivity contribution in [3.05, 3.63) is 83.5 Å². The summed E-state index contributed by atoms with van der Waals surface area (Å²) in [5.74, 6) is 1.56. The monoisotopic (exact) mass is 840 g/mol. The zero-order valence-electron chi connectivity index (χ0n) is 31.4. The molecule has 265 valence electrons. The molecule has 49 heavy (non-hydrogen) atoms. The number of aliphatic hydroxyl groups is 1. The third-order valence-corrected chi connectivity index (χ3v) is 9.33. The maximum absolute atomic E-state index is 11.7. The Morgan fingerprint density at radius 3 is 2.16 bits per heavy atom. The predicted octanol–water partition coefficient (Wildman–Crippen LogP) is 12.1. The SMILES string of the molecule is CCC(CC)C(=O)/C=C(\O)C(CC)CC.Cc1c(CC(C)(C)C)oc2c1c(-c1[c-]c3ccccc3c(C(C)(C)C)c1)nc1cccnc12.[Ir]. The third kappa shape index (κ3) is 9.26. The van der Waals surface area contributed by atoms with Crippen LogP contribution in [0, 0.1) is 30.2 Å². The number of benzene rings is 2. The number of carbonyl (C=O) groups is 1. The molecular weight excluding hydrogens is 785 g/mol. The van der Waals surface area contributed by atoms with Crippen LogP contribution in [-0.4, -0.2) is 20.9 Å². The van der Waals surface area contributed by atoms with E-state index in [-0.39, 0.29) is 54.3 Å². The molecule has 0 unspecified atom stereocenters. The number of aliphatic hydroxyl groups excluding tert-OH is 1. The molecule has 2 aromatic carbocycles. The van der Waals surface area contributed by atoms with Crippen molar-refractivity contribution in [3.8, 4) is 11.3 Å². The Bertz CT molecular complexity index is 1920. The number of furan rings is 1. The van der Waals surface area contributed by atoms with Gasteiger partial charge in [-0.2, -0.15) is 0 Å². The van der Waals surface area contributed by atoms with Gasteiger partial charge in [-0.15, -0.1) is 29.1 Å². The number of fused-ring (bicyclic) bond motifs is 4. The van der Waals surface area contributed by atoms with E-state index in [1.807, 2.05) is 46.0 Å². The molecule has 3 aromatic heterocycles. The molecule has 0 aliphatic rings. The molecular formula is C43H55IrN2O3-. The van der Waals surface area contributed by atoms with E-state index in [1.165, 1.54) is 17.0 Å². The van der Waals surface area contributed by atoms with Crippen molar-refractivity contribution in [1.82, 2.24) is 9.97 Å². The number of hydrogen-bond donors (Lipinski definition) is 1. The molecule has 0 atom stereocenters. The Labute approximate surface area is 307 Å². The Morgan fingerprint density at radius 1 is 0.939 bits per heavy atom. The molecule has 0 aliphatic heterocycles. The van der Waals surface area contributed by atoms with Crippen molar-refractivity contribution >= 4 is 38.6 Å². The smallest absolute Gasteiger partial charge is 0.162 e. The normalized spacial score (nSPS) is 12.5. The molecule has 5 rings (SSSR count). The summed E-state index contributed by atoms with van der Waals surface area (Å²) in [6.07, 6.45) is 7.57. The molecule has 0 amide bonds. The Hall–Kier alpha value is -3.34. The van der Waals surface area contributed by atoms with Crippen LogP contribution >= 0.6 is 0 Å². The summed E-state index contributed by atoms with van der Waals surface area (Å²) in [5.41, 5.74) is 6.95. The standard InChI is InChI=1S/C30H31N2O.C13H24O2.Ir/c1-18-24(17-29(2,3)4)33-28-25(18)26(32-23-13-10-14-31-27(23)28)20-15-19-11-8-9-12-21(19)22(16-20)30(5,6)7;1-5-10(6-2)12(14)9-13(15)11(7-3)8-4;/h8-14,16H,17H2,1-7H3;9-11,14H,5-8H2,1-4H3;/q-1;;/b;12-9-;. The summed E-state index contributed by atoms with van der Waals surface area (Å²) >= 11 is 0. The molecule has 1 N–H and O–H groups in total. The minimum absolute atomic E-state index is 0. The fourth-order valence-corrected chi connectivity index (χ4v) is 6.45. The molecule has 0 aliphatic carbocycles. The first-order chi connectivity index (χ1) is 22.6. The topological polar surface area (TPSA) is 76.2 Å². The molecule has 0 bridgehead atoms. The summed E-state index contributed by atoms with van der Waals surface area (Å²) in [6, 6.07) is 18.4. The largest absolute Gasteiger partial charge is 0.512 e. The molecule has 0 saturated heterocycles. The van der Waals surface area contributed by atoms with Crippen molar-refractivity contribution in [1.29, 1.82) is 0 Å². The maximum atomic E-state index is 11.7. The van der Waals surface area contributed by atoms with Crippen LogP contribution in [0.2, 0.25) is 0 Å². The van der Waals surface area contributed by atoms with Gasteiger partial charge in [0.25, 0.3) is 0 Å². The van der Waals surface area contributed by atoms with Gasteiger partial charge in [0.15, 0.2) is 11.4 Å². The van der Waals surface area contributed by atoms with E-state index in [0.717, 1.165) is 82.1 Å². The zero-order chi connectivity index (χ0) is 35.4. The molecule has 6 heteroatoms. The number of carbonyl (C=O) groups excluding carboxylic acids is 1. The van der Waals surface area contributed by atoms with Crippen molar-refractivity contribution in [2.24, 2.45) is 17.3 Å². The number of pyridine rings is 2. The van der Waals surface area contributed by atoms with E-state index in [9.17, 15) is 9.90 Å². The molecule has 1 radical (unpaired) electrons. The van der Waals surface area contributed by atoms with Crippen LogP contribution in [0.15, 0.2) is 64.9 Å². The van der Waals surface area contributed by atoms with Crippen molar-refractivity contribution in [2.45, 2.75) is 114 Å². The number of allylic oxidation sites excluding steroid dienone is 2. The number of ketones is 1. The minimum atomic E-state index is -0.0101. The molecule has 5 nitrogen and oxygen atoms in total. The quantitative estimate of drug-likeness (QED) is 0.0909. The number of aromatic nitrogens is 2. The first-order valence-electron chi connectivity index (χ1n) is 17.7. The summed E-state index contributed by atoms with van der Waals surface area (Å²) in [6.45, 7) is 23.7. The number of nitrogens with zero attached hydrogens (tertiary/aromatic N) is 2. The first-order valence-corrected chi connectivity index (χ1v) is 17.7. The van der Waals surface area contributed by atoms with E-state index in [1.54, 1.807) is 0 Å². The molecule has 5 aromatic rings. The first kappa shape index (κ1) is 40.1. The van der Waals surface area contributed by atoms with Crippen LogP contribution < -0.4 is 0 Å². The van der Waals surface area contributed by atoms with Gasteiger partial charge in [0.1, 0.15) is 11.3 Å². The van der Waals surface area contributed by atoms with Crippen molar-refractivity contribution in [3.63, 3.8) is 0 Å².